The molecule has 138 valence electrons. The Morgan fingerprint density at radius 3 is 2.73 bits per heavy atom. The molecule has 0 radical (unpaired) electrons. The summed E-state index contributed by atoms with van der Waals surface area (Å²) in [6, 6.07) is 3.64. The molecule has 26 heavy (non-hydrogen) atoms. The fraction of sp³-hybridized carbons (Fsp3) is 0.400. The van der Waals surface area contributed by atoms with Crippen molar-refractivity contribution >= 4 is 34.3 Å². The van der Waals surface area contributed by atoms with Crippen molar-refractivity contribution in [2.45, 2.75) is 52.6 Å². The van der Waals surface area contributed by atoms with Crippen molar-refractivity contribution in [3.05, 3.63) is 45.7 Å². The predicted octanol–water partition coefficient (Wildman–Crippen LogP) is 4.75. The molecule has 0 saturated heterocycles. The number of rotatable bonds is 5. The molecule has 2 aromatic rings. The highest BCUT2D eigenvalue weighted by Crippen LogP contribution is 2.38. The molecule has 2 aromatic heterocycles. The lowest BCUT2D eigenvalue weighted by atomic mass is 9.95. The number of ether oxygens (including phenoxy) is 1. The molecule has 0 unspecified atom stereocenters. The van der Waals surface area contributed by atoms with Crippen LogP contribution in [0.4, 0.5) is 5.00 Å². The molecule has 6 heteroatoms. The zero-order valence-corrected chi connectivity index (χ0v) is 16.1. The summed E-state index contributed by atoms with van der Waals surface area (Å²) in [5.41, 5.74) is 1.56. The highest BCUT2D eigenvalue weighted by atomic mass is 32.1. The van der Waals surface area contributed by atoms with E-state index in [0.717, 1.165) is 37.0 Å². The van der Waals surface area contributed by atoms with Crippen molar-refractivity contribution in [3.8, 4) is 0 Å². The predicted molar refractivity (Wildman–Crippen MR) is 103 cm³/mol. The Kier molecular flexibility index (Phi) is 5.61. The molecule has 0 fully saturated rings. The Hall–Kier alpha value is -2.34. The molecule has 0 saturated carbocycles. The van der Waals surface area contributed by atoms with Crippen LogP contribution in [-0.2, 0) is 22.4 Å². The minimum atomic E-state index is -0.361. The van der Waals surface area contributed by atoms with Crippen LogP contribution in [0, 0.1) is 6.92 Å². The van der Waals surface area contributed by atoms with Crippen LogP contribution in [0.25, 0.3) is 6.08 Å². The van der Waals surface area contributed by atoms with E-state index in [9.17, 15) is 9.59 Å². The van der Waals surface area contributed by atoms with Gasteiger partial charge in [-0.05, 0) is 70.2 Å². The van der Waals surface area contributed by atoms with Crippen LogP contribution >= 0.6 is 11.3 Å². The molecule has 1 aliphatic rings. The number of thiophene rings is 1. The van der Waals surface area contributed by atoms with Gasteiger partial charge >= 0.3 is 5.97 Å². The van der Waals surface area contributed by atoms with Gasteiger partial charge in [-0.15, -0.1) is 11.3 Å². The first kappa shape index (κ1) is 18.5. The highest BCUT2D eigenvalue weighted by molar-refractivity contribution is 7.17. The number of amides is 1. The van der Waals surface area contributed by atoms with E-state index in [1.165, 1.54) is 22.3 Å². The Bertz CT molecular complexity index is 844. The number of fused-ring (bicyclic) bond motifs is 1. The van der Waals surface area contributed by atoms with Crippen molar-refractivity contribution in [2.75, 3.05) is 5.32 Å². The number of furan rings is 1. The Morgan fingerprint density at radius 1 is 1.27 bits per heavy atom. The average molecular weight is 373 g/mol. The minimum absolute atomic E-state index is 0.202. The van der Waals surface area contributed by atoms with E-state index >= 15 is 0 Å². The molecule has 0 aromatic carbocycles. The third-order valence-corrected chi connectivity index (χ3v) is 5.32. The first-order chi connectivity index (χ1) is 12.4. The summed E-state index contributed by atoms with van der Waals surface area (Å²) >= 11 is 1.48. The zero-order valence-electron chi connectivity index (χ0n) is 15.3. The highest BCUT2D eigenvalue weighted by Gasteiger charge is 2.27. The van der Waals surface area contributed by atoms with Gasteiger partial charge < -0.3 is 14.5 Å². The fourth-order valence-electron chi connectivity index (χ4n) is 3.00. The molecule has 1 N–H and O–H groups in total. The number of nitrogens with one attached hydrogen (secondary N) is 1. The van der Waals surface area contributed by atoms with E-state index in [1.54, 1.807) is 12.1 Å². The second kappa shape index (κ2) is 7.91. The maximum atomic E-state index is 12.6. The average Bonchev–Trinajstić information content (AvgIpc) is 3.15. The van der Waals surface area contributed by atoms with E-state index in [-0.39, 0.29) is 18.0 Å². The number of hydrogen-bond donors (Lipinski definition) is 1. The summed E-state index contributed by atoms with van der Waals surface area (Å²) in [4.78, 5) is 26.1. The summed E-state index contributed by atoms with van der Waals surface area (Å²) in [7, 11) is 0. The summed E-state index contributed by atoms with van der Waals surface area (Å²) in [6.07, 6.45) is 6.78. The van der Waals surface area contributed by atoms with Crippen molar-refractivity contribution < 1.29 is 18.7 Å². The maximum absolute atomic E-state index is 12.6. The molecular weight excluding hydrogens is 350 g/mol. The van der Waals surface area contributed by atoms with E-state index in [0.29, 0.717) is 16.3 Å². The molecule has 0 aliphatic heterocycles. The van der Waals surface area contributed by atoms with Gasteiger partial charge in [0.15, 0.2) is 0 Å². The zero-order chi connectivity index (χ0) is 18.7. The van der Waals surface area contributed by atoms with Gasteiger partial charge in [0.25, 0.3) is 0 Å². The third-order valence-electron chi connectivity index (χ3n) is 4.12. The summed E-state index contributed by atoms with van der Waals surface area (Å²) in [6.45, 7) is 5.49. The monoisotopic (exact) mass is 373 g/mol. The molecule has 0 bridgehead atoms. The molecule has 1 aliphatic carbocycles. The van der Waals surface area contributed by atoms with Gasteiger partial charge in [-0.25, -0.2) is 4.79 Å². The largest absolute Gasteiger partial charge is 0.462 e. The minimum Gasteiger partial charge on any atom is -0.462 e. The van der Waals surface area contributed by atoms with Crippen molar-refractivity contribution in [1.29, 1.82) is 0 Å². The molecule has 0 atom stereocenters. The third kappa shape index (κ3) is 4.25. The molecule has 0 spiro atoms. The summed E-state index contributed by atoms with van der Waals surface area (Å²) in [5, 5.41) is 3.43. The van der Waals surface area contributed by atoms with Gasteiger partial charge in [0.2, 0.25) is 5.91 Å². The number of carbonyl (C=O) groups is 2. The van der Waals surface area contributed by atoms with Gasteiger partial charge in [-0.1, -0.05) is 0 Å². The lowest BCUT2D eigenvalue weighted by Gasteiger charge is -2.14. The first-order valence-corrected chi connectivity index (χ1v) is 9.66. The first-order valence-electron chi connectivity index (χ1n) is 8.85. The Labute approximate surface area is 157 Å². The normalized spacial score (nSPS) is 13.8. The van der Waals surface area contributed by atoms with Gasteiger partial charge in [-0.3, -0.25) is 4.79 Å². The number of anilines is 1. The standard InChI is InChI=1S/C20H23NO4S/c1-12(2)24-20(23)18-15-6-4-5-7-16(15)26-19(18)21-17(22)11-10-14-9-8-13(3)25-14/h8-12H,4-7H2,1-3H3,(H,21,22). The lowest BCUT2D eigenvalue weighted by molar-refractivity contribution is -0.111. The van der Waals surface area contributed by atoms with Crippen LogP contribution in [0.15, 0.2) is 22.6 Å². The van der Waals surface area contributed by atoms with Gasteiger partial charge in [0.1, 0.15) is 16.5 Å². The molecule has 3 rings (SSSR count). The van der Waals surface area contributed by atoms with Crippen LogP contribution in [0.1, 0.15) is 59.0 Å². The Balaban J connectivity index is 1.82. The van der Waals surface area contributed by atoms with Crippen LogP contribution in [0.5, 0.6) is 0 Å². The van der Waals surface area contributed by atoms with E-state index in [4.69, 9.17) is 9.15 Å². The topological polar surface area (TPSA) is 68.5 Å². The second-order valence-electron chi connectivity index (χ2n) is 6.64. The Morgan fingerprint density at radius 2 is 2.04 bits per heavy atom. The number of carbonyl (C=O) groups excluding carboxylic acids is 2. The number of hydrogen-bond acceptors (Lipinski definition) is 5. The molecule has 2 heterocycles. The smallest absolute Gasteiger partial charge is 0.341 e. The summed E-state index contributed by atoms with van der Waals surface area (Å²) < 4.78 is 10.8. The fourth-order valence-corrected chi connectivity index (χ4v) is 4.28. The van der Waals surface area contributed by atoms with E-state index < -0.39 is 0 Å². The van der Waals surface area contributed by atoms with Crippen molar-refractivity contribution in [2.24, 2.45) is 0 Å². The SMILES string of the molecule is Cc1ccc(C=CC(=O)Nc2sc3c(c2C(=O)OC(C)C)CCCC3)o1. The van der Waals surface area contributed by atoms with Crippen LogP contribution in [0.2, 0.25) is 0 Å². The quantitative estimate of drug-likeness (QED) is 0.607. The van der Waals surface area contributed by atoms with Gasteiger partial charge in [0, 0.05) is 11.0 Å². The van der Waals surface area contributed by atoms with Crippen LogP contribution in [-0.4, -0.2) is 18.0 Å². The molecule has 5 nitrogen and oxygen atoms in total. The van der Waals surface area contributed by atoms with E-state index in [1.807, 2.05) is 26.8 Å². The summed E-state index contributed by atoms with van der Waals surface area (Å²) in [5.74, 6) is 0.744. The second-order valence-corrected chi connectivity index (χ2v) is 7.75. The maximum Gasteiger partial charge on any atom is 0.341 e. The van der Waals surface area contributed by atoms with E-state index in [2.05, 4.69) is 5.32 Å². The number of aryl methyl sites for hydroxylation is 2. The van der Waals surface area contributed by atoms with Gasteiger partial charge in [0.05, 0.1) is 11.7 Å². The molecule has 1 amide bonds. The van der Waals surface area contributed by atoms with Crippen LogP contribution in [0.3, 0.4) is 0 Å². The number of esters is 1. The van der Waals surface area contributed by atoms with Crippen molar-refractivity contribution in [1.82, 2.24) is 0 Å². The van der Waals surface area contributed by atoms with Gasteiger partial charge in [-0.2, -0.15) is 0 Å². The van der Waals surface area contributed by atoms with Crippen LogP contribution < -0.4 is 5.32 Å². The molecular formula is C20H23NO4S. The lowest BCUT2D eigenvalue weighted by Crippen LogP contribution is -2.17. The van der Waals surface area contributed by atoms with Crippen molar-refractivity contribution in [3.63, 3.8) is 0 Å².